The molecule has 0 aliphatic carbocycles. The summed E-state index contributed by atoms with van der Waals surface area (Å²) in [7, 11) is 0. The minimum Gasteiger partial charge on any atom is -0.393 e. The van der Waals surface area contributed by atoms with Gasteiger partial charge in [-0.1, -0.05) is 32.8 Å². The lowest BCUT2D eigenvalue weighted by atomic mass is 9.93. The molecule has 1 atom stereocenters. The molecule has 0 bridgehead atoms. The third-order valence-corrected chi connectivity index (χ3v) is 3.26. The Balaban J connectivity index is 2.64. The molecule has 96 valence electrons. The number of benzene rings is 1. The zero-order valence-corrected chi connectivity index (χ0v) is 10.4. The van der Waals surface area contributed by atoms with Crippen molar-refractivity contribution in [2.75, 3.05) is 0 Å². The summed E-state index contributed by atoms with van der Waals surface area (Å²) in [6, 6.07) is 3.78. The molecule has 0 aromatic heterocycles. The molecule has 0 saturated carbocycles. The van der Waals surface area contributed by atoms with Crippen LogP contribution in [0.5, 0.6) is 0 Å². The Labute approximate surface area is 101 Å². The minimum atomic E-state index is -0.675. The average molecular weight is 242 g/mol. The maximum Gasteiger partial charge on any atom is 0.129 e. The molecule has 1 aromatic rings. The Morgan fingerprint density at radius 3 is 2.12 bits per heavy atom. The number of aliphatic hydroxyl groups is 1. The summed E-state index contributed by atoms with van der Waals surface area (Å²) in [5.41, 5.74) is -0.00837. The molecular weight excluding hydrogens is 222 g/mol. The van der Waals surface area contributed by atoms with Crippen molar-refractivity contribution in [2.45, 2.75) is 45.6 Å². The summed E-state index contributed by atoms with van der Waals surface area (Å²) < 4.78 is 26.7. The van der Waals surface area contributed by atoms with Gasteiger partial charge in [0.05, 0.1) is 6.10 Å². The molecule has 0 aliphatic heterocycles. The molecule has 0 heterocycles. The maximum absolute atomic E-state index is 13.4. The molecule has 1 unspecified atom stereocenters. The largest absolute Gasteiger partial charge is 0.393 e. The van der Waals surface area contributed by atoms with Gasteiger partial charge in [-0.3, -0.25) is 0 Å². The zero-order chi connectivity index (χ0) is 12.8. The maximum atomic E-state index is 13.4. The second-order valence-corrected chi connectivity index (χ2v) is 4.48. The molecule has 1 nitrogen and oxygen atoms in total. The predicted molar refractivity (Wildman–Crippen MR) is 64.8 cm³/mol. The van der Waals surface area contributed by atoms with E-state index in [0.29, 0.717) is 12.3 Å². The second kappa shape index (κ2) is 6.70. The molecule has 0 radical (unpaired) electrons. The highest BCUT2D eigenvalue weighted by Gasteiger charge is 2.16. The van der Waals surface area contributed by atoms with Crippen molar-refractivity contribution in [1.82, 2.24) is 0 Å². The molecule has 0 spiro atoms. The van der Waals surface area contributed by atoms with Crippen LogP contribution in [0.1, 0.15) is 38.7 Å². The molecule has 0 amide bonds. The van der Waals surface area contributed by atoms with Crippen molar-refractivity contribution in [3.8, 4) is 0 Å². The smallest absolute Gasteiger partial charge is 0.129 e. The number of hydrogen-bond donors (Lipinski definition) is 1. The lowest BCUT2D eigenvalue weighted by molar-refractivity contribution is 0.137. The van der Waals surface area contributed by atoms with Crippen LogP contribution in [0, 0.1) is 17.6 Å². The Morgan fingerprint density at radius 2 is 1.65 bits per heavy atom. The second-order valence-electron chi connectivity index (χ2n) is 4.48. The normalized spacial score (nSPS) is 13.1. The first-order valence-corrected chi connectivity index (χ1v) is 6.19. The van der Waals surface area contributed by atoms with Crippen molar-refractivity contribution in [2.24, 2.45) is 5.92 Å². The quantitative estimate of drug-likeness (QED) is 0.806. The summed E-state index contributed by atoms with van der Waals surface area (Å²) in [5.74, 6) is -0.734. The molecule has 1 aromatic carbocycles. The van der Waals surface area contributed by atoms with Crippen LogP contribution in [0.15, 0.2) is 18.2 Å². The SMILES string of the molecule is CCC(CC)CC(O)Cc1c(F)cccc1F. The van der Waals surface area contributed by atoms with E-state index < -0.39 is 17.7 Å². The Hall–Kier alpha value is -0.960. The summed E-state index contributed by atoms with van der Waals surface area (Å²) in [6.07, 6.45) is 1.93. The van der Waals surface area contributed by atoms with E-state index in [-0.39, 0.29) is 12.0 Å². The van der Waals surface area contributed by atoms with E-state index in [2.05, 4.69) is 13.8 Å². The summed E-state index contributed by atoms with van der Waals surface area (Å²) in [4.78, 5) is 0. The van der Waals surface area contributed by atoms with Crippen LogP contribution in [-0.4, -0.2) is 11.2 Å². The van der Waals surface area contributed by atoms with Gasteiger partial charge in [-0.15, -0.1) is 0 Å². The fourth-order valence-electron chi connectivity index (χ4n) is 2.05. The lowest BCUT2D eigenvalue weighted by Crippen LogP contribution is -2.17. The molecule has 1 rings (SSSR count). The average Bonchev–Trinajstić information content (AvgIpc) is 2.31. The van der Waals surface area contributed by atoms with E-state index in [1.165, 1.54) is 18.2 Å². The van der Waals surface area contributed by atoms with Crippen LogP contribution < -0.4 is 0 Å². The van der Waals surface area contributed by atoms with E-state index in [1.54, 1.807) is 0 Å². The Morgan fingerprint density at radius 1 is 1.12 bits per heavy atom. The lowest BCUT2D eigenvalue weighted by Gasteiger charge is -2.17. The standard InChI is InChI=1S/C14H20F2O/c1-3-10(4-2)8-11(17)9-12-13(15)6-5-7-14(12)16/h5-7,10-11,17H,3-4,8-9H2,1-2H3. The number of rotatable bonds is 6. The van der Waals surface area contributed by atoms with E-state index in [4.69, 9.17) is 0 Å². The molecule has 0 aliphatic rings. The molecular formula is C14H20F2O. The highest BCUT2D eigenvalue weighted by Crippen LogP contribution is 2.20. The minimum absolute atomic E-state index is 0.00837. The van der Waals surface area contributed by atoms with Crippen molar-refractivity contribution >= 4 is 0 Å². The molecule has 1 N–H and O–H groups in total. The van der Waals surface area contributed by atoms with E-state index in [0.717, 1.165) is 12.8 Å². The van der Waals surface area contributed by atoms with Crippen LogP contribution in [0.25, 0.3) is 0 Å². The van der Waals surface area contributed by atoms with Gasteiger partial charge in [0.25, 0.3) is 0 Å². The van der Waals surface area contributed by atoms with E-state index in [1.807, 2.05) is 0 Å². The van der Waals surface area contributed by atoms with Crippen LogP contribution in [0.3, 0.4) is 0 Å². The highest BCUT2D eigenvalue weighted by atomic mass is 19.1. The fraction of sp³-hybridized carbons (Fsp3) is 0.571. The Bertz CT molecular complexity index is 328. The molecule has 0 saturated heterocycles. The van der Waals surface area contributed by atoms with Crippen molar-refractivity contribution in [3.63, 3.8) is 0 Å². The first-order chi connectivity index (χ1) is 8.08. The van der Waals surface area contributed by atoms with Gasteiger partial charge in [0.2, 0.25) is 0 Å². The van der Waals surface area contributed by atoms with Gasteiger partial charge < -0.3 is 5.11 Å². The van der Waals surface area contributed by atoms with Crippen LogP contribution in [-0.2, 0) is 6.42 Å². The third kappa shape index (κ3) is 4.08. The molecule has 3 heteroatoms. The fourth-order valence-corrected chi connectivity index (χ4v) is 2.05. The number of hydrogen-bond acceptors (Lipinski definition) is 1. The summed E-state index contributed by atoms with van der Waals surface area (Å²) in [5, 5.41) is 9.85. The Kier molecular flexibility index (Phi) is 5.56. The van der Waals surface area contributed by atoms with Gasteiger partial charge in [0.1, 0.15) is 11.6 Å². The van der Waals surface area contributed by atoms with Gasteiger partial charge in [0, 0.05) is 12.0 Å². The van der Waals surface area contributed by atoms with Crippen LogP contribution in [0.2, 0.25) is 0 Å². The summed E-state index contributed by atoms with van der Waals surface area (Å²) in [6.45, 7) is 4.12. The monoisotopic (exact) mass is 242 g/mol. The van der Waals surface area contributed by atoms with Gasteiger partial charge in [-0.05, 0) is 24.5 Å². The molecule has 17 heavy (non-hydrogen) atoms. The van der Waals surface area contributed by atoms with Gasteiger partial charge >= 0.3 is 0 Å². The zero-order valence-electron chi connectivity index (χ0n) is 10.4. The number of aliphatic hydroxyl groups excluding tert-OH is 1. The third-order valence-electron chi connectivity index (χ3n) is 3.26. The first-order valence-electron chi connectivity index (χ1n) is 6.19. The van der Waals surface area contributed by atoms with Crippen molar-refractivity contribution in [3.05, 3.63) is 35.4 Å². The van der Waals surface area contributed by atoms with Crippen molar-refractivity contribution in [1.29, 1.82) is 0 Å². The van der Waals surface area contributed by atoms with Gasteiger partial charge in [-0.25, -0.2) is 8.78 Å². The molecule has 0 fully saturated rings. The van der Waals surface area contributed by atoms with Gasteiger partial charge in [-0.2, -0.15) is 0 Å². The predicted octanol–water partition coefficient (Wildman–Crippen LogP) is 3.69. The van der Waals surface area contributed by atoms with E-state index >= 15 is 0 Å². The van der Waals surface area contributed by atoms with E-state index in [9.17, 15) is 13.9 Å². The van der Waals surface area contributed by atoms with Crippen molar-refractivity contribution < 1.29 is 13.9 Å². The number of halogens is 2. The van der Waals surface area contributed by atoms with Crippen LogP contribution in [0.4, 0.5) is 8.78 Å². The highest BCUT2D eigenvalue weighted by molar-refractivity contribution is 5.20. The first kappa shape index (κ1) is 14.1. The van der Waals surface area contributed by atoms with Crippen LogP contribution >= 0.6 is 0 Å². The summed E-state index contributed by atoms with van der Waals surface area (Å²) >= 11 is 0. The van der Waals surface area contributed by atoms with Gasteiger partial charge in [0.15, 0.2) is 0 Å². The topological polar surface area (TPSA) is 20.2 Å².